The Morgan fingerprint density at radius 3 is 0.966 bits per heavy atom. The lowest BCUT2D eigenvalue weighted by Gasteiger charge is -2.14. The number of aryl methyl sites for hydroxylation is 9. The van der Waals surface area contributed by atoms with Gasteiger partial charge in [-0.25, -0.2) is 9.97 Å². The zero-order valence-electron chi connectivity index (χ0n) is 35.4. The van der Waals surface area contributed by atoms with Crippen LogP contribution in [-0.2, 0) is 0 Å². The van der Waals surface area contributed by atoms with Crippen LogP contribution < -0.4 is 0 Å². The predicted octanol–water partition coefficient (Wildman–Crippen LogP) is 14.1. The largest absolute Gasteiger partial charge is 0.354 e. The summed E-state index contributed by atoms with van der Waals surface area (Å²) in [6, 6.07) is 30.7. The van der Waals surface area contributed by atoms with E-state index < -0.39 is 0 Å². The highest BCUT2D eigenvalue weighted by atomic mass is 14.8. The van der Waals surface area contributed by atoms with E-state index in [4.69, 9.17) is 16.4 Å². The molecule has 59 heavy (non-hydrogen) atoms. The van der Waals surface area contributed by atoms with Crippen LogP contribution in [-0.4, -0.2) is 19.9 Å². The maximum Gasteiger partial charge on any atom is 0.0737 e. The van der Waals surface area contributed by atoms with Gasteiger partial charge in [-0.15, -0.1) is 6.42 Å². The van der Waals surface area contributed by atoms with Crippen molar-refractivity contribution in [2.45, 2.75) is 62.3 Å². The van der Waals surface area contributed by atoms with E-state index in [9.17, 15) is 0 Å². The molecule has 288 valence electrons. The van der Waals surface area contributed by atoms with E-state index in [0.29, 0.717) is 0 Å². The third-order valence-corrected chi connectivity index (χ3v) is 11.9. The second-order valence-corrected chi connectivity index (χ2v) is 16.5. The van der Waals surface area contributed by atoms with Gasteiger partial charge in [-0.3, -0.25) is 0 Å². The summed E-state index contributed by atoms with van der Waals surface area (Å²) in [5.74, 6) is 2.79. The molecule has 0 atom stereocenters. The van der Waals surface area contributed by atoms with Crippen LogP contribution in [0.25, 0.3) is 90.9 Å². The van der Waals surface area contributed by atoms with Gasteiger partial charge in [0.2, 0.25) is 0 Å². The van der Waals surface area contributed by atoms with Crippen LogP contribution in [0.4, 0.5) is 0 Å². The van der Waals surface area contributed by atoms with Gasteiger partial charge in [0.25, 0.3) is 0 Å². The van der Waals surface area contributed by atoms with Crippen LogP contribution in [0.2, 0.25) is 0 Å². The first kappa shape index (κ1) is 37.6. The zero-order chi connectivity index (χ0) is 41.3. The standard InChI is InChI=1S/C55H48N4/c1-11-39-12-14-40(15-13-39)52-41-16-18-43(56-41)53(49-33(5)24-30(2)25-34(49)6)45-20-22-47(58-45)55(51-37(9)28-32(4)29-38(51)10)48-23-21-46(59-48)54(44-19-17-42(52)57-44)50-35(7)26-31(3)27-36(50)8/h1,12-29,56,59H,2-10H3/i52+1. The molecule has 0 saturated heterocycles. The highest BCUT2D eigenvalue weighted by molar-refractivity contribution is 6.01. The second-order valence-electron chi connectivity index (χ2n) is 16.5. The molecule has 5 heterocycles. The Labute approximate surface area is 347 Å². The minimum Gasteiger partial charge on any atom is -0.354 e. The van der Waals surface area contributed by atoms with Crippen LogP contribution >= 0.6 is 0 Å². The molecule has 0 aliphatic carbocycles. The van der Waals surface area contributed by atoms with Crippen molar-refractivity contribution in [1.82, 2.24) is 19.9 Å². The van der Waals surface area contributed by atoms with Crippen molar-refractivity contribution in [3.8, 4) is 56.9 Å². The summed E-state index contributed by atoms with van der Waals surface area (Å²) in [7, 11) is 0. The number of hydrogen-bond acceptors (Lipinski definition) is 2. The molecule has 0 unspecified atom stereocenters. The van der Waals surface area contributed by atoms with Crippen molar-refractivity contribution in [3.05, 3.63) is 163 Å². The number of hydrogen-bond donors (Lipinski definition) is 2. The van der Waals surface area contributed by atoms with Crippen LogP contribution in [0, 0.1) is 74.7 Å². The average Bonchev–Trinajstić information content (AvgIpc) is 4.02. The minimum absolute atomic E-state index is 0.834. The molecule has 0 fully saturated rings. The average molecular weight is 766 g/mol. The van der Waals surface area contributed by atoms with Crippen LogP contribution in [0.3, 0.4) is 0 Å². The molecule has 0 radical (unpaired) electrons. The van der Waals surface area contributed by atoms with Gasteiger partial charge in [0.1, 0.15) is 0 Å². The first-order valence-corrected chi connectivity index (χ1v) is 20.4. The Morgan fingerprint density at radius 1 is 0.373 bits per heavy atom. The van der Waals surface area contributed by atoms with Gasteiger partial charge in [-0.1, -0.05) is 71.1 Å². The lowest BCUT2D eigenvalue weighted by atomic mass is 9.92. The van der Waals surface area contributed by atoms with E-state index in [0.717, 1.165) is 78.2 Å². The molecular weight excluding hydrogens is 718 g/mol. The van der Waals surface area contributed by atoms with Gasteiger partial charge in [0, 0.05) is 49.9 Å². The molecule has 4 aromatic carbocycles. The summed E-state index contributed by atoms with van der Waals surface area (Å²) in [6.45, 7) is 19.7. The first-order chi connectivity index (χ1) is 28.4. The number of nitrogens with one attached hydrogen (secondary N) is 2. The van der Waals surface area contributed by atoms with Crippen molar-refractivity contribution < 1.29 is 0 Å². The Morgan fingerprint density at radius 2 is 0.661 bits per heavy atom. The summed E-state index contributed by atoms with van der Waals surface area (Å²) in [5, 5.41) is 0. The molecule has 4 nitrogen and oxygen atoms in total. The number of terminal acetylenes is 1. The van der Waals surface area contributed by atoms with E-state index in [2.05, 4.69) is 175 Å². The Balaban J connectivity index is 1.52. The molecule has 3 aromatic heterocycles. The van der Waals surface area contributed by atoms with Gasteiger partial charge in [-0.2, -0.15) is 0 Å². The summed E-state index contributed by atoms with van der Waals surface area (Å²) in [4.78, 5) is 19.0. The fourth-order valence-corrected chi connectivity index (χ4v) is 9.75. The topological polar surface area (TPSA) is 57.4 Å². The van der Waals surface area contributed by atoms with Gasteiger partial charge in [0.05, 0.1) is 22.8 Å². The predicted molar refractivity (Wildman–Crippen MR) is 251 cm³/mol. The highest BCUT2D eigenvalue weighted by Crippen LogP contribution is 2.42. The molecule has 8 bridgehead atoms. The van der Waals surface area contributed by atoms with Crippen molar-refractivity contribution in [3.63, 3.8) is 0 Å². The van der Waals surface area contributed by atoms with Gasteiger partial charge >= 0.3 is 0 Å². The Kier molecular flexibility index (Phi) is 9.21. The number of nitrogens with zero attached hydrogens (tertiary/aromatic N) is 2. The third kappa shape index (κ3) is 6.54. The number of rotatable bonds is 4. The van der Waals surface area contributed by atoms with Crippen molar-refractivity contribution >= 4 is 46.4 Å². The molecular formula is C55H48N4. The molecule has 0 amide bonds. The van der Waals surface area contributed by atoms with Crippen LogP contribution in [0.15, 0.2) is 84.9 Å². The number of H-pyrrole nitrogens is 2. The number of fused-ring (bicyclic) bond motifs is 8. The monoisotopic (exact) mass is 765 g/mol. The molecule has 0 spiro atoms. The van der Waals surface area contributed by atoms with Crippen molar-refractivity contribution in [1.29, 1.82) is 0 Å². The van der Waals surface area contributed by atoms with E-state index >= 15 is 0 Å². The molecule has 0 saturated carbocycles. The fraction of sp³-hybridized carbons (Fsp3) is 0.164. The van der Waals surface area contributed by atoms with Gasteiger partial charge in [-0.05, 0) is 179 Å². The quantitative estimate of drug-likeness (QED) is 0.175. The van der Waals surface area contributed by atoms with E-state index in [-0.39, 0.29) is 0 Å². The summed E-state index contributed by atoms with van der Waals surface area (Å²) in [6.07, 6.45) is 14.5. The molecule has 2 aliphatic heterocycles. The van der Waals surface area contributed by atoms with Gasteiger partial charge < -0.3 is 9.97 Å². The maximum atomic E-state index is 5.83. The number of aromatic nitrogens is 4. The lowest BCUT2D eigenvalue weighted by Crippen LogP contribution is -1.96. The van der Waals surface area contributed by atoms with Gasteiger partial charge in [0.15, 0.2) is 0 Å². The Hall–Kier alpha value is -6.96. The highest BCUT2D eigenvalue weighted by Gasteiger charge is 2.22. The second kappa shape index (κ2) is 14.5. The lowest BCUT2D eigenvalue weighted by molar-refractivity contribution is 1.27. The van der Waals surface area contributed by atoms with E-state index in [1.165, 1.54) is 66.8 Å². The van der Waals surface area contributed by atoms with Crippen molar-refractivity contribution in [2.75, 3.05) is 0 Å². The molecule has 9 rings (SSSR count). The molecule has 2 N–H and O–H groups in total. The molecule has 2 aliphatic rings. The zero-order valence-corrected chi connectivity index (χ0v) is 35.4. The summed E-state index contributed by atoms with van der Waals surface area (Å²) in [5.41, 5.74) is 28.1. The number of aromatic amines is 2. The van der Waals surface area contributed by atoms with Crippen LogP contribution in [0.5, 0.6) is 0 Å². The fourth-order valence-electron chi connectivity index (χ4n) is 9.75. The number of benzene rings is 4. The molecule has 4 heteroatoms. The first-order valence-electron chi connectivity index (χ1n) is 20.4. The summed E-state index contributed by atoms with van der Waals surface area (Å²) < 4.78 is 0. The van der Waals surface area contributed by atoms with E-state index in [1.54, 1.807) is 0 Å². The van der Waals surface area contributed by atoms with Crippen LogP contribution in [0.1, 0.15) is 78.4 Å². The normalized spacial score (nSPS) is 12.0. The smallest absolute Gasteiger partial charge is 0.0737 e. The maximum absolute atomic E-state index is 5.83. The molecule has 7 aromatic rings. The minimum atomic E-state index is 0.834. The summed E-state index contributed by atoms with van der Waals surface area (Å²) >= 11 is 0. The SMILES string of the molecule is C#Cc1ccc(-[13c]2c3nc(c(-c4c(C)cc(C)cc4C)c4ccc([nH]4)c(-c4c(C)cc(C)cc4C)c4nc(c(-c5c(C)cc(C)cc5C)c5ccc2[nH]5)C=C4)C=C3)cc1. The third-order valence-electron chi connectivity index (χ3n) is 11.9. The van der Waals surface area contributed by atoms with Crippen molar-refractivity contribution in [2.24, 2.45) is 0 Å². The Bertz CT molecular complexity index is 3060. The van der Waals surface area contributed by atoms with E-state index in [1.807, 2.05) is 12.1 Å².